The molecule has 2 N–H and O–H groups in total. The molecular weight excluding hydrogens is 220 g/mol. The van der Waals surface area contributed by atoms with Crippen LogP contribution in [-0.2, 0) is 6.54 Å². The topological polar surface area (TPSA) is 73.7 Å². The third kappa shape index (κ3) is 3.51. The summed E-state index contributed by atoms with van der Waals surface area (Å²) in [5.41, 5.74) is 0.354. The lowest BCUT2D eigenvalue weighted by Crippen LogP contribution is -2.43. The summed E-state index contributed by atoms with van der Waals surface area (Å²) < 4.78 is 0. The molecule has 1 heterocycles. The first kappa shape index (κ1) is 13.6. The number of pyridine rings is 1. The van der Waals surface area contributed by atoms with E-state index in [4.69, 9.17) is 5.11 Å². The average molecular weight is 238 g/mol. The lowest BCUT2D eigenvalue weighted by Gasteiger charge is -2.33. The van der Waals surface area contributed by atoms with Gasteiger partial charge < -0.3 is 10.2 Å². The predicted molar refractivity (Wildman–Crippen MR) is 63.8 cm³/mol. The highest BCUT2D eigenvalue weighted by atomic mass is 16.4. The Kier molecular flexibility index (Phi) is 4.20. The fourth-order valence-electron chi connectivity index (χ4n) is 1.26. The molecule has 0 unspecified atom stereocenters. The zero-order chi connectivity index (χ0) is 13.1. The molecule has 0 bridgehead atoms. The van der Waals surface area contributed by atoms with Gasteiger partial charge in [-0.2, -0.15) is 0 Å². The molecule has 0 aliphatic rings. The van der Waals surface area contributed by atoms with Crippen LogP contribution in [0.4, 0.5) is 0 Å². The van der Waals surface area contributed by atoms with Crippen LogP contribution in [0.3, 0.4) is 0 Å². The highest BCUT2D eigenvalue weighted by molar-refractivity contribution is 5.85. The summed E-state index contributed by atoms with van der Waals surface area (Å²) in [7, 11) is 1.87. The first-order chi connectivity index (χ1) is 7.86. The number of aromatic carboxylic acids is 1. The minimum absolute atomic E-state index is 0.0299. The van der Waals surface area contributed by atoms with Crippen LogP contribution in [0, 0.1) is 0 Å². The van der Waals surface area contributed by atoms with Gasteiger partial charge in [-0.1, -0.05) is 6.07 Å². The lowest BCUT2D eigenvalue weighted by molar-refractivity contribution is 0.0680. The van der Waals surface area contributed by atoms with Gasteiger partial charge in [-0.25, -0.2) is 9.78 Å². The van der Waals surface area contributed by atoms with Crippen LogP contribution < -0.4 is 0 Å². The molecule has 0 aliphatic heterocycles. The third-order valence-corrected chi connectivity index (χ3v) is 2.85. The van der Waals surface area contributed by atoms with E-state index in [-0.39, 0.29) is 17.8 Å². The molecule has 0 spiro atoms. The van der Waals surface area contributed by atoms with E-state index in [1.54, 1.807) is 12.1 Å². The van der Waals surface area contributed by atoms with Crippen molar-refractivity contribution in [2.45, 2.75) is 25.9 Å². The van der Waals surface area contributed by atoms with E-state index in [9.17, 15) is 9.90 Å². The molecule has 1 rings (SSSR count). The Morgan fingerprint density at radius 1 is 1.47 bits per heavy atom. The first-order valence-corrected chi connectivity index (χ1v) is 5.38. The van der Waals surface area contributed by atoms with Crippen molar-refractivity contribution in [1.82, 2.24) is 9.88 Å². The van der Waals surface area contributed by atoms with Crippen LogP contribution in [0.2, 0.25) is 0 Å². The van der Waals surface area contributed by atoms with E-state index in [1.807, 2.05) is 25.8 Å². The SMILES string of the molecule is CN(Cc1cccc(C(=O)O)n1)C(C)(C)CO. The van der Waals surface area contributed by atoms with E-state index < -0.39 is 5.97 Å². The monoisotopic (exact) mass is 238 g/mol. The molecule has 0 saturated carbocycles. The van der Waals surface area contributed by atoms with Crippen LogP contribution >= 0.6 is 0 Å². The van der Waals surface area contributed by atoms with Crippen molar-refractivity contribution in [3.8, 4) is 0 Å². The minimum atomic E-state index is -1.03. The van der Waals surface area contributed by atoms with Crippen molar-refractivity contribution < 1.29 is 15.0 Å². The largest absolute Gasteiger partial charge is 0.477 e. The number of aromatic nitrogens is 1. The maximum atomic E-state index is 10.8. The number of carboxylic acid groups (broad SMARTS) is 1. The molecule has 1 aromatic heterocycles. The maximum absolute atomic E-state index is 10.8. The number of aliphatic hydroxyl groups excluding tert-OH is 1. The number of hydrogen-bond acceptors (Lipinski definition) is 4. The summed E-state index contributed by atoms with van der Waals surface area (Å²) in [5, 5.41) is 18.1. The van der Waals surface area contributed by atoms with E-state index in [0.29, 0.717) is 12.2 Å². The predicted octanol–water partition coefficient (Wildman–Crippen LogP) is 0.982. The highest BCUT2D eigenvalue weighted by Gasteiger charge is 2.22. The Labute approximate surface area is 101 Å². The molecule has 0 radical (unpaired) electrons. The number of likely N-dealkylation sites (N-methyl/N-ethyl adjacent to an activating group) is 1. The second-order valence-corrected chi connectivity index (χ2v) is 4.65. The van der Waals surface area contributed by atoms with Crippen LogP contribution in [0.5, 0.6) is 0 Å². The van der Waals surface area contributed by atoms with Gasteiger partial charge in [0.15, 0.2) is 0 Å². The van der Waals surface area contributed by atoms with Crippen molar-refractivity contribution in [2.75, 3.05) is 13.7 Å². The van der Waals surface area contributed by atoms with Gasteiger partial charge in [-0.15, -0.1) is 0 Å². The van der Waals surface area contributed by atoms with Crippen LogP contribution in [0.25, 0.3) is 0 Å². The van der Waals surface area contributed by atoms with Crippen LogP contribution in [0.1, 0.15) is 30.0 Å². The minimum Gasteiger partial charge on any atom is -0.477 e. The summed E-state index contributed by atoms with van der Waals surface area (Å²) in [6.45, 7) is 4.35. The van der Waals surface area contributed by atoms with Crippen LogP contribution in [-0.4, -0.2) is 45.3 Å². The summed E-state index contributed by atoms with van der Waals surface area (Å²) in [6.07, 6.45) is 0. The molecule has 94 valence electrons. The summed E-state index contributed by atoms with van der Waals surface area (Å²) in [5.74, 6) is -1.03. The Morgan fingerprint density at radius 2 is 2.12 bits per heavy atom. The van der Waals surface area contributed by atoms with Gasteiger partial charge in [0.2, 0.25) is 0 Å². The molecule has 0 amide bonds. The fourth-order valence-corrected chi connectivity index (χ4v) is 1.26. The number of nitrogens with zero attached hydrogens (tertiary/aromatic N) is 2. The van der Waals surface area contributed by atoms with Crippen molar-refractivity contribution in [3.05, 3.63) is 29.6 Å². The van der Waals surface area contributed by atoms with Gasteiger partial charge in [0.25, 0.3) is 0 Å². The van der Waals surface area contributed by atoms with Gasteiger partial charge in [0.1, 0.15) is 5.69 Å². The summed E-state index contributed by atoms with van der Waals surface area (Å²) in [6, 6.07) is 4.91. The lowest BCUT2D eigenvalue weighted by atomic mass is 10.1. The van der Waals surface area contributed by atoms with Crippen molar-refractivity contribution in [3.63, 3.8) is 0 Å². The molecule has 0 saturated heterocycles. The fraction of sp³-hybridized carbons (Fsp3) is 0.500. The van der Waals surface area contributed by atoms with Crippen molar-refractivity contribution in [2.24, 2.45) is 0 Å². The van der Waals surface area contributed by atoms with Gasteiger partial charge in [0, 0.05) is 12.1 Å². The standard InChI is InChI=1S/C12H18N2O3/c1-12(2,8-15)14(3)7-9-5-4-6-10(13-9)11(16)17/h4-6,15H,7-8H2,1-3H3,(H,16,17). The molecule has 0 fully saturated rings. The number of aliphatic hydroxyl groups is 1. The van der Waals surface area contributed by atoms with Gasteiger partial charge in [-0.3, -0.25) is 4.90 Å². The zero-order valence-corrected chi connectivity index (χ0v) is 10.3. The number of rotatable bonds is 5. The first-order valence-electron chi connectivity index (χ1n) is 5.38. The van der Waals surface area contributed by atoms with Gasteiger partial charge >= 0.3 is 5.97 Å². The molecule has 0 aliphatic carbocycles. The highest BCUT2D eigenvalue weighted by Crippen LogP contribution is 2.14. The Balaban J connectivity index is 2.82. The molecule has 17 heavy (non-hydrogen) atoms. The molecule has 0 aromatic carbocycles. The Hall–Kier alpha value is -1.46. The molecule has 5 nitrogen and oxygen atoms in total. The smallest absolute Gasteiger partial charge is 0.354 e. The molecule has 1 aromatic rings. The average Bonchev–Trinajstić information content (AvgIpc) is 2.29. The summed E-state index contributed by atoms with van der Waals surface area (Å²) >= 11 is 0. The van der Waals surface area contributed by atoms with Crippen LogP contribution in [0.15, 0.2) is 18.2 Å². The maximum Gasteiger partial charge on any atom is 0.354 e. The van der Waals surface area contributed by atoms with Gasteiger partial charge in [0.05, 0.1) is 12.3 Å². The van der Waals surface area contributed by atoms with Gasteiger partial charge in [-0.05, 0) is 33.0 Å². The zero-order valence-electron chi connectivity index (χ0n) is 10.3. The Bertz CT molecular complexity index is 404. The van der Waals surface area contributed by atoms with E-state index in [2.05, 4.69) is 4.98 Å². The number of hydrogen-bond donors (Lipinski definition) is 2. The normalized spacial score (nSPS) is 11.8. The van der Waals surface area contributed by atoms with Crippen molar-refractivity contribution in [1.29, 1.82) is 0 Å². The van der Waals surface area contributed by atoms with E-state index in [1.165, 1.54) is 6.07 Å². The number of carbonyl (C=O) groups is 1. The molecule has 5 heteroatoms. The Morgan fingerprint density at radius 3 is 2.65 bits per heavy atom. The summed E-state index contributed by atoms with van der Waals surface area (Å²) in [4.78, 5) is 16.7. The molecule has 0 atom stereocenters. The third-order valence-electron chi connectivity index (χ3n) is 2.85. The number of carboxylic acids is 1. The van der Waals surface area contributed by atoms with Crippen molar-refractivity contribution >= 4 is 5.97 Å². The van der Waals surface area contributed by atoms with E-state index >= 15 is 0 Å². The second kappa shape index (κ2) is 5.25. The quantitative estimate of drug-likeness (QED) is 0.800. The molecular formula is C12H18N2O3. The van der Waals surface area contributed by atoms with E-state index in [0.717, 1.165) is 0 Å². The second-order valence-electron chi connectivity index (χ2n) is 4.65.